The summed E-state index contributed by atoms with van der Waals surface area (Å²) in [6.45, 7) is 10.5. The van der Waals surface area contributed by atoms with Crippen molar-refractivity contribution in [3.8, 4) is 0 Å². The maximum Gasteiger partial charge on any atom is 0.354 e. The molecule has 0 atom stereocenters. The lowest BCUT2D eigenvalue weighted by molar-refractivity contribution is 0.0587. The summed E-state index contributed by atoms with van der Waals surface area (Å²) in [5, 5.41) is 2.04. The SMILES string of the molecule is CCn1c(C)c(C(=O)CN(CC(C)C)C(=O)c2ccc3ccccc3c2)c(C)c1C(=O)OC. The molecular weight excluding hydrogens is 416 g/mol. The topological polar surface area (TPSA) is 68.6 Å². The fraction of sp³-hybridized carbons (Fsp3) is 0.370. The van der Waals surface area contributed by atoms with Crippen molar-refractivity contribution in [2.45, 2.75) is 41.2 Å². The van der Waals surface area contributed by atoms with E-state index in [9.17, 15) is 14.4 Å². The summed E-state index contributed by atoms with van der Waals surface area (Å²) in [5.41, 5.74) is 2.73. The largest absolute Gasteiger partial charge is 0.464 e. The van der Waals surface area contributed by atoms with Crippen LogP contribution in [0.15, 0.2) is 42.5 Å². The van der Waals surface area contributed by atoms with Crippen LogP contribution in [0.1, 0.15) is 63.2 Å². The lowest BCUT2D eigenvalue weighted by Gasteiger charge is -2.24. The predicted octanol–water partition coefficient (Wildman–Crippen LogP) is 5.05. The fourth-order valence-electron chi connectivity index (χ4n) is 4.48. The Morgan fingerprint density at radius 3 is 2.30 bits per heavy atom. The van der Waals surface area contributed by atoms with Gasteiger partial charge in [-0.3, -0.25) is 9.59 Å². The number of benzene rings is 2. The van der Waals surface area contributed by atoms with Crippen LogP contribution in [0, 0.1) is 19.8 Å². The highest BCUT2D eigenvalue weighted by molar-refractivity contribution is 6.06. The Morgan fingerprint density at radius 1 is 1.03 bits per heavy atom. The van der Waals surface area contributed by atoms with Crippen LogP contribution in [0.4, 0.5) is 0 Å². The zero-order valence-electron chi connectivity index (χ0n) is 20.3. The number of aromatic nitrogens is 1. The first kappa shape index (κ1) is 24.2. The first-order valence-electron chi connectivity index (χ1n) is 11.3. The molecule has 0 aliphatic rings. The van der Waals surface area contributed by atoms with E-state index in [0.29, 0.717) is 41.2 Å². The summed E-state index contributed by atoms with van der Waals surface area (Å²) in [5.74, 6) is -0.642. The molecular formula is C27H32N2O4. The number of esters is 1. The molecule has 2 aromatic carbocycles. The molecule has 0 aliphatic carbocycles. The molecule has 0 fully saturated rings. The molecule has 0 saturated carbocycles. The lowest BCUT2D eigenvalue weighted by Crippen LogP contribution is -2.38. The molecule has 1 amide bonds. The quantitative estimate of drug-likeness (QED) is 0.357. The maximum atomic E-state index is 13.5. The number of fused-ring (bicyclic) bond motifs is 1. The minimum absolute atomic E-state index is 0.0557. The van der Waals surface area contributed by atoms with Gasteiger partial charge in [0.25, 0.3) is 5.91 Å². The van der Waals surface area contributed by atoms with Gasteiger partial charge in [0.1, 0.15) is 5.69 Å². The van der Waals surface area contributed by atoms with Gasteiger partial charge in [0, 0.05) is 29.9 Å². The Morgan fingerprint density at radius 2 is 1.70 bits per heavy atom. The van der Waals surface area contributed by atoms with E-state index in [1.807, 2.05) is 70.2 Å². The molecule has 3 aromatic rings. The highest BCUT2D eigenvalue weighted by Gasteiger charge is 2.28. The molecule has 6 heteroatoms. The van der Waals surface area contributed by atoms with Crippen LogP contribution < -0.4 is 0 Å². The monoisotopic (exact) mass is 448 g/mol. The lowest BCUT2D eigenvalue weighted by atomic mass is 10.0. The Labute approximate surface area is 195 Å². The normalized spacial score (nSPS) is 11.1. The summed E-state index contributed by atoms with van der Waals surface area (Å²) < 4.78 is 6.73. The Kier molecular flexibility index (Phi) is 7.36. The number of nitrogens with zero attached hydrogens (tertiary/aromatic N) is 2. The predicted molar refractivity (Wildman–Crippen MR) is 130 cm³/mol. The third-order valence-electron chi connectivity index (χ3n) is 5.94. The van der Waals surface area contributed by atoms with Crippen molar-refractivity contribution in [1.29, 1.82) is 0 Å². The first-order valence-corrected chi connectivity index (χ1v) is 11.3. The van der Waals surface area contributed by atoms with E-state index in [1.54, 1.807) is 16.4 Å². The zero-order valence-corrected chi connectivity index (χ0v) is 20.3. The van der Waals surface area contributed by atoms with Gasteiger partial charge in [-0.1, -0.05) is 44.2 Å². The van der Waals surface area contributed by atoms with Gasteiger partial charge in [0.05, 0.1) is 13.7 Å². The van der Waals surface area contributed by atoms with Crippen molar-refractivity contribution in [3.05, 3.63) is 70.5 Å². The molecule has 0 N–H and O–H groups in total. The van der Waals surface area contributed by atoms with Crippen molar-refractivity contribution < 1.29 is 19.1 Å². The number of ketones is 1. The van der Waals surface area contributed by atoms with E-state index in [2.05, 4.69) is 0 Å². The number of hydrogen-bond acceptors (Lipinski definition) is 4. The van der Waals surface area contributed by atoms with Crippen LogP contribution in [-0.2, 0) is 11.3 Å². The highest BCUT2D eigenvalue weighted by Crippen LogP contribution is 2.25. The second kappa shape index (κ2) is 10.0. The second-order valence-electron chi connectivity index (χ2n) is 8.73. The zero-order chi connectivity index (χ0) is 24.3. The van der Waals surface area contributed by atoms with Crippen molar-refractivity contribution in [3.63, 3.8) is 0 Å². The minimum atomic E-state index is -0.470. The number of hydrogen-bond donors (Lipinski definition) is 0. The smallest absolute Gasteiger partial charge is 0.354 e. The average molecular weight is 449 g/mol. The molecule has 174 valence electrons. The molecule has 0 radical (unpaired) electrons. The van der Waals surface area contributed by atoms with Crippen molar-refractivity contribution in [1.82, 2.24) is 9.47 Å². The molecule has 0 saturated heterocycles. The number of rotatable bonds is 8. The maximum absolute atomic E-state index is 13.5. The van der Waals surface area contributed by atoms with Crippen LogP contribution >= 0.6 is 0 Å². The number of carbonyl (C=O) groups excluding carboxylic acids is 3. The third kappa shape index (κ3) is 4.85. The van der Waals surface area contributed by atoms with Gasteiger partial charge in [-0.05, 0) is 55.2 Å². The van der Waals surface area contributed by atoms with Crippen molar-refractivity contribution in [2.24, 2.45) is 5.92 Å². The first-order chi connectivity index (χ1) is 15.7. The van der Waals surface area contributed by atoms with Crippen LogP contribution in [0.2, 0.25) is 0 Å². The van der Waals surface area contributed by atoms with Crippen LogP contribution in [0.25, 0.3) is 10.8 Å². The summed E-state index contributed by atoms with van der Waals surface area (Å²) >= 11 is 0. The molecule has 1 heterocycles. The standard InChI is InChI=1S/C27H32N2O4/c1-7-29-19(5)24(18(4)25(29)27(32)33-6)23(30)16-28(15-17(2)3)26(31)22-13-12-20-10-8-9-11-21(20)14-22/h8-14,17H,7,15-16H2,1-6H3. The molecule has 1 aromatic heterocycles. The van der Waals surface area contributed by atoms with E-state index in [1.165, 1.54) is 7.11 Å². The molecule has 0 bridgehead atoms. The number of Topliss-reactive ketones (excluding diaryl/α,β-unsaturated/α-hetero) is 1. The Bertz CT molecular complexity index is 1210. The number of amides is 1. The van der Waals surface area contributed by atoms with E-state index < -0.39 is 5.97 Å². The van der Waals surface area contributed by atoms with Gasteiger partial charge in [-0.15, -0.1) is 0 Å². The molecule has 3 rings (SSSR count). The number of methoxy groups -OCH3 is 1. The van der Waals surface area contributed by atoms with E-state index in [-0.39, 0.29) is 24.2 Å². The molecule has 0 unspecified atom stereocenters. The summed E-state index contributed by atoms with van der Waals surface area (Å²) in [6, 6.07) is 13.5. The molecule has 33 heavy (non-hydrogen) atoms. The van der Waals surface area contributed by atoms with E-state index in [0.717, 1.165) is 10.8 Å². The van der Waals surface area contributed by atoms with E-state index >= 15 is 0 Å². The van der Waals surface area contributed by atoms with Gasteiger partial charge in [0.15, 0.2) is 5.78 Å². The Balaban J connectivity index is 1.96. The van der Waals surface area contributed by atoms with Gasteiger partial charge >= 0.3 is 5.97 Å². The van der Waals surface area contributed by atoms with Crippen molar-refractivity contribution in [2.75, 3.05) is 20.2 Å². The van der Waals surface area contributed by atoms with Gasteiger partial charge in [0.2, 0.25) is 0 Å². The van der Waals surface area contributed by atoms with E-state index in [4.69, 9.17) is 4.74 Å². The fourth-order valence-corrected chi connectivity index (χ4v) is 4.48. The van der Waals surface area contributed by atoms with Crippen LogP contribution in [0.3, 0.4) is 0 Å². The number of ether oxygens (including phenoxy) is 1. The third-order valence-corrected chi connectivity index (χ3v) is 5.94. The molecule has 6 nitrogen and oxygen atoms in total. The number of carbonyl (C=O) groups is 3. The highest BCUT2D eigenvalue weighted by atomic mass is 16.5. The molecule has 0 aliphatic heterocycles. The summed E-state index contributed by atoms with van der Waals surface area (Å²) in [7, 11) is 1.33. The van der Waals surface area contributed by atoms with Crippen LogP contribution in [-0.4, -0.2) is 47.3 Å². The summed E-state index contributed by atoms with van der Waals surface area (Å²) in [6.07, 6.45) is 0. The Hall–Kier alpha value is -3.41. The average Bonchev–Trinajstić information content (AvgIpc) is 3.06. The summed E-state index contributed by atoms with van der Waals surface area (Å²) in [4.78, 5) is 40.9. The van der Waals surface area contributed by atoms with Crippen LogP contribution in [0.5, 0.6) is 0 Å². The van der Waals surface area contributed by atoms with Crippen molar-refractivity contribution >= 4 is 28.4 Å². The van der Waals surface area contributed by atoms with Gasteiger partial charge < -0.3 is 14.2 Å². The molecule has 0 spiro atoms. The minimum Gasteiger partial charge on any atom is -0.464 e. The second-order valence-corrected chi connectivity index (χ2v) is 8.73. The van der Waals surface area contributed by atoms with Gasteiger partial charge in [-0.25, -0.2) is 4.79 Å². The van der Waals surface area contributed by atoms with Gasteiger partial charge in [-0.2, -0.15) is 0 Å².